The second-order valence-corrected chi connectivity index (χ2v) is 4.74. The highest BCUT2D eigenvalue weighted by Crippen LogP contribution is 2.21. The lowest BCUT2D eigenvalue weighted by Crippen LogP contribution is -2.12. The third-order valence-electron chi connectivity index (χ3n) is 2.50. The van der Waals surface area contributed by atoms with E-state index in [1.165, 1.54) is 0 Å². The number of nitrogens with one attached hydrogen (secondary N) is 1. The van der Waals surface area contributed by atoms with Gasteiger partial charge < -0.3 is 4.98 Å². The predicted molar refractivity (Wildman–Crippen MR) is 69.3 cm³/mol. The van der Waals surface area contributed by atoms with Gasteiger partial charge in [0.1, 0.15) is 5.82 Å². The van der Waals surface area contributed by atoms with Gasteiger partial charge in [-0.2, -0.15) is 5.10 Å². The number of H-pyrrole nitrogens is 1. The van der Waals surface area contributed by atoms with Crippen molar-refractivity contribution in [2.75, 3.05) is 0 Å². The summed E-state index contributed by atoms with van der Waals surface area (Å²) in [4.78, 5) is 18.5. The molecule has 0 aromatic carbocycles. The molecule has 0 amide bonds. The van der Waals surface area contributed by atoms with Crippen molar-refractivity contribution >= 4 is 22.6 Å². The Kier molecular flexibility index (Phi) is 2.83. The van der Waals surface area contributed by atoms with Crippen molar-refractivity contribution in [2.24, 2.45) is 7.05 Å². The highest BCUT2D eigenvalue weighted by Gasteiger charge is 2.13. The van der Waals surface area contributed by atoms with Crippen LogP contribution in [0.3, 0.4) is 0 Å². The zero-order valence-corrected chi connectivity index (χ0v) is 11.4. The van der Waals surface area contributed by atoms with Crippen molar-refractivity contribution in [3.63, 3.8) is 0 Å². The molecule has 0 saturated carbocycles. The zero-order valence-electron chi connectivity index (χ0n) is 9.21. The molecule has 2 aromatic rings. The van der Waals surface area contributed by atoms with E-state index in [2.05, 4.69) is 15.1 Å². The Bertz CT molecular complexity index is 599. The van der Waals surface area contributed by atoms with Gasteiger partial charge in [0, 0.05) is 18.9 Å². The smallest absolute Gasteiger partial charge is 0.264 e. The maximum Gasteiger partial charge on any atom is 0.264 e. The van der Waals surface area contributed by atoms with Gasteiger partial charge in [0.2, 0.25) is 0 Å². The number of aromatic nitrogens is 4. The maximum absolute atomic E-state index is 11.5. The fraction of sp³-hybridized carbons (Fsp3) is 0.300. The molecule has 0 bridgehead atoms. The molecule has 0 unspecified atom stereocenters. The molecule has 0 aliphatic carbocycles. The van der Waals surface area contributed by atoms with Gasteiger partial charge in [0.15, 0.2) is 0 Å². The number of aryl methyl sites for hydroxylation is 2. The van der Waals surface area contributed by atoms with Crippen LogP contribution in [0.1, 0.15) is 11.4 Å². The lowest BCUT2D eigenvalue weighted by Gasteiger charge is -2.01. The van der Waals surface area contributed by atoms with E-state index in [1.807, 2.05) is 43.5 Å². The topological polar surface area (TPSA) is 63.6 Å². The monoisotopic (exact) mass is 330 g/mol. The van der Waals surface area contributed by atoms with Crippen molar-refractivity contribution in [1.82, 2.24) is 19.7 Å². The van der Waals surface area contributed by atoms with E-state index in [9.17, 15) is 4.79 Å². The summed E-state index contributed by atoms with van der Waals surface area (Å²) in [6.45, 7) is 3.85. The molecule has 0 radical (unpaired) electrons. The molecule has 1 N–H and O–H groups in total. The van der Waals surface area contributed by atoms with Crippen molar-refractivity contribution in [3.8, 4) is 11.4 Å². The van der Waals surface area contributed by atoms with Gasteiger partial charge in [-0.15, -0.1) is 0 Å². The van der Waals surface area contributed by atoms with Crippen molar-refractivity contribution in [2.45, 2.75) is 13.8 Å². The molecule has 84 valence electrons. The second kappa shape index (κ2) is 4.00. The van der Waals surface area contributed by atoms with Crippen LogP contribution in [-0.4, -0.2) is 19.7 Å². The van der Waals surface area contributed by atoms with E-state index in [-0.39, 0.29) is 5.56 Å². The summed E-state index contributed by atoms with van der Waals surface area (Å²) in [5, 5.41) is 4.29. The molecule has 0 aliphatic rings. The SMILES string of the molecule is Cc1nn(C)c(C)c1-c1ncc(I)c(=O)[nH]1. The molecule has 2 aromatic heterocycles. The number of rotatable bonds is 1. The lowest BCUT2D eigenvalue weighted by molar-refractivity contribution is 0.731. The quantitative estimate of drug-likeness (QED) is 0.804. The number of aromatic amines is 1. The van der Waals surface area contributed by atoms with E-state index in [0.717, 1.165) is 17.0 Å². The van der Waals surface area contributed by atoms with Crippen LogP contribution in [0.25, 0.3) is 11.4 Å². The van der Waals surface area contributed by atoms with Gasteiger partial charge in [-0.3, -0.25) is 9.48 Å². The van der Waals surface area contributed by atoms with E-state index in [0.29, 0.717) is 9.39 Å². The number of hydrogen-bond donors (Lipinski definition) is 1. The van der Waals surface area contributed by atoms with Gasteiger partial charge in [-0.25, -0.2) is 4.98 Å². The van der Waals surface area contributed by atoms with Crippen LogP contribution in [0.5, 0.6) is 0 Å². The largest absolute Gasteiger partial charge is 0.306 e. The molecule has 5 nitrogen and oxygen atoms in total. The average Bonchev–Trinajstić information content (AvgIpc) is 2.47. The minimum absolute atomic E-state index is 0.117. The molecule has 6 heteroatoms. The first-order valence-electron chi connectivity index (χ1n) is 4.76. The van der Waals surface area contributed by atoms with Gasteiger partial charge >= 0.3 is 0 Å². The van der Waals surface area contributed by atoms with Gasteiger partial charge in [-0.05, 0) is 36.4 Å². The molecule has 0 fully saturated rings. The molecule has 2 rings (SSSR count). The van der Waals surface area contributed by atoms with Gasteiger partial charge in [0.05, 0.1) is 14.8 Å². The van der Waals surface area contributed by atoms with Gasteiger partial charge in [0.25, 0.3) is 5.56 Å². The standard InChI is InChI=1S/C10H11IN4O/c1-5-8(6(2)15(3)14-5)9-12-4-7(11)10(16)13-9/h4H,1-3H3,(H,12,13,16). The first-order chi connectivity index (χ1) is 7.50. The molecule has 0 aliphatic heterocycles. The first-order valence-corrected chi connectivity index (χ1v) is 5.84. The van der Waals surface area contributed by atoms with Crippen molar-refractivity contribution in [1.29, 1.82) is 0 Å². The minimum atomic E-state index is -0.117. The number of nitrogens with zero attached hydrogens (tertiary/aromatic N) is 3. The summed E-state index contributed by atoms with van der Waals surface area (Å²) in [7, 11) is 1.87. The van der Waals surface area contributed by atoms with Gasteiger partial charge in [-0.1, -0.05) is 0 Å². The summed E-state index contributed by atoms with van der Waals surface area (Å²) >= 11 is 1.96. The highest BCUT2D eigenvalue weighted by molar-refractivity contribution is 14.1. The van der Waals surface area contributed by atoms with E-state index in [4.69, 9.17) is 0 Å². The third kappa shape index (κ3) is 1.77. The zero-order chi connectivity index (χ0) is 11.9. The van der Waals surface area contributed by atoms with Crippen LogP contribution < -0.4 is 5.56 Å². The fourth-order valence-electron chi connectivity index (χ4n) is 1.62. The highest BCUT2D eigenvalue weighted by atomic mass is 127. The minimum Gasteiger partial charge on any atom is -0.306 e. The van der Waals surface area contributed by atoms with Crippen molar-refractivity contribution < 1.29 is 0 Å². The van der Waals surface area contributed by atoms with Crippen LogP contribution in [0.4, 0.5) is 0 Å². The summed E-state index contributed by atoms with van der Waals surface area (Å²) in [5.74, 6) is 0.577. The Morgan fingerprint density at radius 3 is 2.62 bits per heavy atom. The molecular formula is C10H11IN4O. The van der Waals surface area contributed by atoms with Crippen LogP contribution in [-0.2, 0) is 7.05 Å². The first kappa shape index (κ1) is 11.3. The van der Waals surface area contributed by atoms with Crippen LogP contribution >= 0.6 is 22.6 Å². The number of hydrogen-bond acceptors (Lipinski definition) is 3. The summed E-state index contributed by atoms with van der Waals surface area (Å²) < 4.78 is 2.36. The van der Waals surface area contributed by atoms with E-state index in [1.54, 1.807) is 10.9 Å². The molecule has 16 heavy (non-hydrogen) atoms. The summed E-state index contributed by atoms with van der Waals surface area (Å²) in [6.07, 6.45) is 1.57. The Labute approximate surface area is 106 Å². The second-order valence-electron chi connectivity index (χ2n) is 3.58. The van der Waals surface area contributed by atoms with Crippen LogP contribution in [0, 0.1) is 17.4 Å². The van der Waals surface area contributed by atoms with E-state index < -0.39 is 0 Å². The predicted octanol–water partition coefficient (Wildman–Crippen LogP) is 1.39. The molecule has 0 atom stereocenters. The summed E-state index contributed by atoms with van der Waals surface area (Å²) in [6, 6.07) is 0. The van der Waals surface area contributed by atoms with E-state index >= 15 is 0 Å². The molecule has 2 heterocycles. The fourth-order valence-corrected chi connectivity index (χ4v) is 1.90. The Morgan fingerprint density at radius 1 is 1.44 bits per heavy atom. The summed E-state index contributed by atoms with van der Waals surface area (Å²) in [5.41, 5.74) is 2.63. The van der Waals surface area contributed by atoms with Crippen LogP contribution in [0.2, 0.25) is 0 Å². The number of halogens is 1. The molecular weight excluding hydrogens is 319 g/mol. The Morgan fingerprint density at radius 2 is 2.12 bits per heavy atom. The normalized spacial score (nSPS) is 10.8. The Hall–Kier alpha value is -1.18. The lowest BCUT2D eigenvalue weighted by atomic mass is 10.2. The average molecular weight is 330 g/mol. The van der Waals surface area contributed by atoms with Crippen LogP contribution in [0.15, 0.2) is 11.0 Å². The Balaban J connectivity index is 2.67. The maximum atomic E-state index is 11.5. The molecule has 0 saturated heterocycles. The third-order valence-corrected chi connectivity index (χ3v) is 3.27. The molecule has 0 spiro atoms. The van der Waals surface area contributed by atoms with Crippen molar-refractivity contribution in [3.05, 3.63) is 31.5 Å².